The number of aryl methyl sites for hydroxylation is 2. The highest BCUT2D eigenvalue weighted by Crippen LogP contribution is 2.29. The molecule has 0 aliphatic rings. The number of methoxy groups -OCH3 is 1. The summed E-state index contributed by atoms with van der Waals surface area (Å²) >= 11 is 0. The average Bonchev–Trinajstić information content (AvgIpc) is 2.29. The lowest BCUT2D eigenvalue weighted by Gasteiger charge is -2.09. The van der Waals surface area contributed by atoms with E-state index in [1.807, 2.05) is 31.2 Å². The smallest absolute Gasteiger partial charge is 0.347 e. The fraction of sp³-hybridized carbons (Fsp3) is 0.214. The zero-order chi connectivity index (χ0) is 12.4. The largest absolute Gasteiger partial charge is 0.496 e. The molecular formula is C14H14O3. The molecule has 0 saturated carbocycles. The highest BCUT2D eigenvalue weighted by atomic mass is 16.5. The van der Waals surface area contributed by atoms with Gasteiger partial charge >= 0.3 is 5.63 Å². The third-order valence-electron chi connectivity index (χ3n) is 2.67. The Hall–Kier alpha value is -2.03. The van der Waals surface area contributed by atoms with Gasteiger partial charge < -0.3 is 9.15 Å². The molecule has 2 rings (SSSR count). The van der Waals surface area contributed by atoms with E-state index in [-0.39, 0.29) is 5.63 Å². The molecule has 1 aromatic heterocycles. The molecule has 0 saturated heterocycles. The zero-order valence-corrected chi connectivity index (χ0v) is 10.1. The summed E-state index contributed by atoms with van der Waals surface area (Å²) in [6.45, 7) is 3.68. The Bertz CT molecular complexity index is 597. The SMILES string of the molecule is COc1cc(C)oc(=O)c1-c1ccccc1C. The monoisotopic (exact) mass is 230 g/mol. The van der Waals surface area contributed by atoms with Gasteiger partial charge in [-0.25, -0.2) is 4.79 Å². The maximum atomic E-state index is 11.9. The Labute approximate surface area is 99.7 Å². The molecule has 0 atom stereocenters. The summed E-state index contributed by atoms with van der Waals surface area (Å²) in [4.78, 5) is 11.9. The highest BCUT2D eigenvalue weighted by Gasteiger charge is 2.14. The normalized spacial score (nSPS) is 10.3. The van der Waals surface area contributed by atoms with Crippen molar-refractivity contribution in [3.05, 3.63) is 52.1 Å². The first-order valence-corrected chi connectivity index (χ1v) is 5.38. The van der Waals surface area contributed by atoms with Crippen LogP contribution in [0.2, 0.25) is 0 Å². The quantitative estimate of drug-likeness (QED) is 0.796. The van der Waals surface area contributed by atoms with Gasteiger partial charge in [0.05, 0.1) is 7.11 Å². The molecule has 0 spiro atoms. The van der Waals surface area contributed by atoms with E-state index in [1.54, 1.807) is 20.1 Å². The van der Waals surface area contributed by atoms with E-state index < -0.39 is 0 Å². The summed E-state index contributed by atoms with van der Waals surface area (Å²) in [6, 6.07) is 9.39. The van der Waals surface area contributed by atoms with Crippen LogP contribution in [0.3, 0.4) is 0 Å². The van der Waals surface area contributed by atoms with Crippen LogP contribution in [0.1, 0.15) is 11.3 Å². The minimum absolute atomic E-state index is 0.365. The molecule has 17 heavy (non-hydrogen) atoms. The van der Waals surface area contributed by atoms with Gasteiger partial charge in [-0.3, -0.25) is 0 Å². The van der Waals surface area contributed by atoms with Crippen LogP contribution in [-0.2, 0) is 0 Å². The summed E-state index contributed by atoms with van der Waals surface area (Å²) in [5.74, 6) is 1.09. The third-order valence-corrected chi connectivity index (χ3v) is 2.67. The first-order chi connectivity index (χ1) is 8.13. The van der Waals surface area contributed by atoms with Gasteiger partial charge in [0.2, 0.25) is 0 Å². The number of hydrogen-bond donors (Lipinski definition) is 0. The molecule has 0 N–H and O–H groups in total. The predicted octanol–water partition coefficient (Wildman–Crippen LogP) is 2.93. The van der Waals surface area contributed by atoms with Gasteiger partial charge in [-0.2, -0.15) is 0 Å². The highest BCUT2D eigenvalue weighted by molar-refractivity contribution is 5.71. The summed E-state index contributed by atoms with van der Waals surface area (Å²) in [5, 5.41) is 0. The first-order valence-electron chi connectivity index (χ1n) is 5.38. The Morgan fingerprint density at radius 2 is 1.88 bits per heavy atom. The molecule has 88 valence electrons. The summed E-state index contributed by atoms with van der Waals surface area (Å²) in [7, 11) is 1.55. The lowest BCUT2D eigenvalue weighted by Crippen LogP contribution is -2.07. The summed E-state index contributed by atoms with van der Waals surface area (Å²) < 4.78 is 10.4. The minimum Gasteiger partial charge on any atom is -0.496 e. The molecule has 0 aliphatic carbocycles. The number of benzene rings is 1. The molecule has 0 aliphatic heterocycles. The van der Waals surface area contributed by atoms with Gasteiger partial charge in [-0.1, -0.05) is 24.3 Å². The Kier molecular flexibility index (Phi) is 3.00. The van der Waals surface area contributed by atoms with Crippen molar-refractivity contribution in [2.75, 3.05) is 7.11 Å². The van der Waals surface area contributed by atoms with E-state index in [0.717, 1.165) is 11.1 Å². The van der Waals surface area contributed by atoms with Gasteiger partial charge in [-0.15, -0.1) is 0 Å². The second-order valence-electron chi connectivity index (χ2n) is 3.90. The van der Waals surface area contributed by atoms with Gasteiger partial charge in [0.1, 0.15) is 17.1 Å². The molecule has 1 heterocycles. The van der Waals surface area contributed by atoms with Gasteiger partial charge in [0.25, 0.3) is 0 Å². The summed E-state index contributed by atoms with van der Waals surface area (Å²) in [5.41, 5.74) is 1.98. The molecule has 0 unspecified atom stereocenters. The van der Waals surface area contributed by atoms with Crippen molar-refractivity contribution < 1.29 is 9.15 Å². The molecule has 0 amide bonds. The average molecular weight is 230 g/mol. The molecule has 0 fully saturated rings. The topological polar surface area (TPSA) is 39.4 Å². The lowest BCUT2D eigenvalue weighted by atomic mass is 10.0. The van der Waals surface area contributed by atoms with Crippen LogP contribution in [0.4, 0.5) is 0 Å². The van der Waals surface area contributed by atoms with Crippen molar-refractivity contribution in [2.24, 2.45) is 0 Å². The minimum atomic E-state index is -0.365. The van der Waals surface area contributed by atoms with E-state index >= 15 is 0 Å². The molecule has 3 nitrogen and oxygen atoms in total. The maximum absolute atomic E-state index is 11.9. The second-order valence-corrected chi connectivity index (χ2v) is 3.90. The van der Waals surface area contributed by atoms with Crippen molar-refractivity contribution in [2.45, 2.75) is 13.8 Å². The molecule has 1 aromatic carbocycles. The molecule has 0 bridgehead atoms. The number of ether oxygens (including phenoxy) is 1. The van der Waals surface area contributed by atoms with E-state index in [1.165, 1.54) is 0 Å². The molecule has 2 aromatic rings. The van der Waals surface area contributed by atoms with E-state index in [0.29, 0.717) is 17.1 Å². The van der Waals surface area contributed by atoms with Crippen molar-refractivity contribution >= 4 is 0 Å². The van der Waals surface area contributed by atoms with E-state index in [4.69, 9.17) is 9.15 Å². The van der Waals surface area contributed by atoms with Gasteiger partial charge in [-0.05, 0) is 25.0 Å². The van der Waals surface area contributed by atoms with Crippen LogP contribution >= 0.6 is 0 Å². The van der Waals surface area contributed by atoms with Crippen LogP contribution < -0.4 is 10.4 Å². The van der Waals surface area contributed by atoms with Crippen LogP contribution in [0, 0.1) is 13.8 Å². The van der Waals surface area contributed by atoms with Crippen molar-refractivity contribution in [1.82, 2.24) is 0 Å². The van der Waals surface area contributed by atoms with Crippen molar-refractivity contribution in [1.29, 1.82) is 0 Å². The van der Waals surface area contributed by atoms with Crippen molar-refractivity contribution in [3.8, 4) is 16.9 Å². The van der Waals surface area contributed by atoms with Gasteiger partial charge in [0, 0.05) is 6.07 Å². The summed E-state index contributed by atoms with van der Waals surface area (Å²) in [6.07, 6.45) is 0. The molecule has 0 radical (unpaired) electrons. The van der Waals surface area contributed by atoms with Gasteiger partial charge in [0.15, 0.2) is 0 Å². The number of hydrogen-bond acceptors (Lipinski definition) is 3. The fourth-order valence-electron chi connectivity index (χ4n) is 1.84. The Morgan fingerprint density at radius 1 is 1.18 bits per heavy atom. The fourth-order valence-corrected chi connectivity index (χ4v) is 1.84. The van der Waals surface area contributed by atoms with Crippen LogP contribution in [0.15, 0.2) is 39.5 Å². The lowest BCUT2D eigenvalue weighted by molar-refractivity contribution is 0.399. The number of rotatable bonds is 2. The Balaban J connectivity index is 2.76. The van der Waals surface area contributed by atoms with E-state index in [9.17, 15) is 4.79 Å². The maximum Gasteiger partial charge on any atom is 0.347 e. The van der Waals surface area contributed by atoms with Crippen LogP contribution in [-0.4, -0.2) is 7.11 Å². The standard InChI is InChI=1S/C14H14O3/c1-9-6-4-5-7-11(9)13-12(16-3)8-10(2)17-14(13)15/h4-8H,1-3H3. The zero-order valence-electron chi connectivity index (χ0n) is 10.1. The van der Waals surface area contributed by atoms with Crippen molar-refractivity contribution in [3.63, 3.8) is 0 Å². The molecular weight excluding hydrogens is 216 g/mol. The molecule has 3 heteroatoms. The van der Waals surface area contributed by atoms with Crippen LogP contribution in [0.5, 0.6) is 5.75 Å². The van der Waals surface area contributed by atoms with E-state index in [2.05, 4.69) is 0 Å². The third kappa shape index (κ3) is 2.09. The first kappa shape index (κ1) is 11.5. The van der Waals surface area contributed by atoms with Crippen LogP contribution in [0.25, 0.3) is 11.1 Å². The predicted molar refractivity (Wildman–Crippen MR) is 66.4 cm³/mol. The Morgan fingerprint density at radius 3 is 2.53 bits per heavy atom. The second kappa shape index (κ2) is 4.45.